The van der Waals surface area contributed by atoms with Crippen molar-refractivity contribution in [2.75, 3.05) is 40.5 Å². The van der Waals surface area contributed by atoms with Crippen LogP contribution in [0.25, 0.3) is 12.2 Å². The third kappa shape index (κ3) is 10.8. The smallest absolute Gasteiger partial charge is 0.163 e. The van der Waals surface area contributed by atoms with E-state index in [-0.39, 0.29) is 42.8 Å². The Hall–Kier alpha value is -3.04. The highest BCUT2D eigenvalue weighted by molar-refractivity contribution is 6.10. The number of methoxy groups -OCH3 is 2. The van der Waals surface area contributed by atoms with Crippen molar-refractivity contribution >= 4 is 23.7 Å². The van der Waals surface area contributed by atoms with Crippen molar-refractivity contribution in [2.45, 2.75) is 6.42 Å². The molecule has 0 saturated heterocycles. The van der Waals surface area contributed by atoms with Crippen LogP contribution in [-0.4, -0.2) is 52.1 Å². The van der Waals surface area contributed by atoms with Gasteiger partial charge in [-0.2, -0.15) is 0 Å². The molecular weight excluding hydrogens is 495 g/mol. The maximum absolute atomic E-state index is 12.2. The van der Waals surface area contributed by atoms with Gasteiger partial charge in [-0.25, -0.2) is 0 Å². The number of quaternary nitrogens is 2. The van der Waals surface area contributed by atoms with Gasteiger partial charge < -0.3 is 55.2 Å². The Kier molecular flexibility index (Phi) is 15.9. The van der Waals surface area contributed by atoms with E-state index in [1.807, 2.05) is 12.1 Å². The Morgan fingerprint density at radius 3 is 1.46 bits per heavy atom. The summed E-state index contributed by atoms with van der Waals surface area (Å²) in [6.07, 6.45) is 5.82. The fraction of sp³-hybridized carbons (Fsp3) is 0.280. The number of carbonyl (C=O) groups excluding carboxylic acids is 2. The van der Waals surface area contributed by atoms with E-state index in [4.69, 9.17) is 18.9 Å². The molecule has 0 aliphatic carbocycles. The van der Waals surface area contributed by atoms with Crippen LogP contribution in [0, 0.1) is 0 Å². The van der Waals surface area contributed by atoms with E-state index in [1.54, 1.807) is 50.6 Å². The molecule has 0 aromatic heterocycles. The van der Waals surface area contributed by atoms with E-state index >= 15 is 0 Å². The first kappa shape index (κ1) is 32.0. The number of allylic oxidation sites excluding steroid dienone is 2. The van der Waals surface area contributed by atoms with E-state index in [0.29, 0.717) is 49.3 Å². The van der Waals surface area contributed by atoms with E-state index in [0.717, 1.165) is 11.1 Å². The molecule has 0 unspecified atom stereocenters. The lowest BCUT2D eigenvalue weighted by Gasteiger charge is -2.09. The number of rotatable bonds is 14. The van der Waals surface area contributed by atoms with Crippen LogP contribution in [0.3, 0.4) is 0 Å². The second-order valence-electron chi connectivity index (χ2n) is 7.00. The minimum atomic E-state index is -0.296. The molecule has 0 radical (unpaired) electrons. The minimum absolute atomic E-state index is 0. The van der Waals surface area contributed by atoms with E-state index < -0.39 is 0 Å². The van der Waals surface area contributed by atoms with Crippen LogP contribution in [0.15, 0.2) is 48.6 Å². The first-order valence-corrected chi connectivity index (χ1v) is 10.6. The van der Waals surface area contributed by atoms with E-state index in [2.05, 4.69) is 11.5 Å². The molecule has 0 amide bonds. The van der Waals surface area contributed by atoms with Gasteiger partial charge in [0.25, 0.3) is 0 Å². The van der Waals surface area contributed by atoms with Crippen LogP contribution in [0.1, 0.15) is 17.5 Å². The van der Waals surface area contributed by atoms with Gasteiger partial charge in [0, 0.05) is 0 Å². The predicted octanol–water partition coefficient (Wildman–Crippen LogP) is -4.79. The highest BCUT2D eigenvalue weighted by Crippen LogP contribution is 2.29. The summed E-state index contributed by atoms with van der Waals surface area (Å²) < 4.78 is 21.8. The summed E-state index contributed by atoms with van der Waals surface area (Å²) in [6.45, 7) is 2.26. The van der Waals surface area contributed by atoms with Gasteiger partial charge in [0.15, 0.2) is 34.6 Å². The Labute approximate surface area is 218 Å². The third-order valence-electron chi connectivity index (χ3n) is 4.45. The third-order valence-corrected chi connectivity index (χ3v) is 4.45. The van der Waals surface area contributed by atoms with Crippen molar-refractivity contribution in [3.8, 4) is 23.0 Å². The number of hydrogen-bond donors (Lipinski definition) is 2. The molecule has 2 rings (SSSR count). The summed E-state index contributed by atoms with van der Waals surface area (Å²) in [5.74, 6) is 1.77. The molecule has 0 heterocycles. The fourth-order valence-electron chi connectivity index (χ4n) is 2.85. The normalized spacial score (nSPS) is 10.4. The molecule has 0 aliphatic rings. The van der Waals surface area contributed by atoms with E-state index in [9.17, 15) is 9.59 Å². The molecule has 0 fully saturated rings. The SMILES string of the molecule is COc1cc(/C=C/C(=O)CC(=O)/C=C/c2ccc(OCC[NH3+])c(OC)c2)ccc1OCC[NH3+].[Cl-].[Cl-]. The summed E-state index contributed by atoms with van der Waals surface area (Å²) in [5, 5.41) is 0. The number of ketones is 2. The fourth-order valence-corrected chi connectivity index (χ4v) is 2.85. The molecule has 0 bridgehead atoms. The van der Waals surface area contributed by atoms with Crippen LogP contribution in [0.5, 0.6) is 23.0 Å². The first-order valence-electron chi connectivity index (χ1n) is 10.6. The Morgan fingerprint density at radius 2 is 1.11 bits per heavy atom. The average Bonchev–Trinajstić information content (AvgIpc) is 2.83. The Balaban J connectivity index is 0.00000578. The predicted molar refractivity (Wildman–Crippen MR) is 125 cm³/mol. The van der Waals surface area contributed by atoms with Gasteiger partial charge in [0.2, 0.25) is 0 Å². The molecule has 0 spiro atoms. The van der Waals surface area contributed by atoms with Crippen LogP contribution < -0.4 is 55.2 Å². The summed E-state index contributed by atoms with van der Waals surface area (Å²) in [5.41, 5.74) is 9.00. The zero-order chi connectivity index (χ0) is 24.1. The molecule has 0 atom stereocenters. The van der Waals surface area contributed by atoms with Crippen molar-refractivity contribution < 1.29 is 64.8 Å². The summed E-state index contributed by atoms with van der Waals surface area (Å²) in [6, 6.07) is 10.7. The zero-order valence-electron chi connectivity index (χ0n) is 19.9. The first-order chi connectivity index (χ1) is 16.0. The Bertz CT molecular complexity index is 932. The summed E-state index contributed by atoms with van der Waals surface area (Å²) >= 11 is 0. The highest BCUT2D eigenvalue weighted by atomic mass is 35.5. The van der Waals surface area contributed by atoms with Crippen molar-refractivity contribution in [1.29, 1.82) is 0 Å². The average molecular weight is 527 g/mol. The van der Waals surface area contributed by atoms with Crippen molar-refractivity contribution in [1.82, 2.24) is 0 Å². The lowest BCUT2D eigenvalue weighted by atomic mass is 10.1. The molecule has 35 heavy (non-hydrogen) atoms. The molecule has 2 aromatic rings. The van der Waals surface area contributed by atoms with Gasteiger partial charge in [-0.1, -0.05) is 24.3 Å². The van der Waals surface area contributed by atoms with Crippen molar-refractivity contribution in [3.05, 3.63) is 59.7 Å². The Morgan fingerprint density at radius 1 is 0.714 bits per heavy atom. The summed E-state index contributed by atoms with van der Waals surface area (Å²) in [4.78, 5) is 24.4. The number of hydrogen-bond acceptors (Lipinski definition) is 6. The van der Waals surface area contributed by atoms with Crippen LogP contribution >= 0.6 is 0 Å². The van der Waals surface area contributed by atoms with Gasteiger partial charge in [0.1, 0.15) is 26.3 Å². The monoisotopic (exact) mass is 526 g/mol. The standard InChI is InChI=1S/C25H30N2O6.2ClH/c1-30-24-15-18(5-9-22(24)32-13-11-26)3-7-20(28)17-21(29)8-4-19-6-10-23(33-14-12-27)25(16-19)31-2;;/h3-10,15-16H,11-14,17,26-27H2,1-2H3;2*1H/b7-3+,8-4+;;. The van der Waals surface area contributed by atoms with Crippen LogP contribution in [0.4, 0.5) is 0 Å². The topological polar surface area (TPSA) is 126 Å². The molecule has 10 heteroatoms. The number of halogens is 2. The van der Waals surface area contributed by atoms with Crippen molar-refractivity contribution in [2.24, 2.45) is 0 Å². The molecule has 0 saturated carbocycles. The van der Waals surface area contributed by atoms with Crippen LogP contribution in [0.2, 0.25) is 0 Å². The lowest BCUT2D eigenvalue weighted by molar-refractivity contribution is -0.371. The summed E-state index contributed by atoms with van der Waals surface area (Å²) in [7, 11) is 3.10. The highest BCUT2D eigenvalue weighted by Gasteiger charge is 2.08. The van der Waals surface area contributed by atoms with Gasteiger partial charge in [-0.05, 0) is 47.5 Å². The number of ether oxygens (including phenoxy) is 4. The van der Waals surface area contributed by atoms with Gasteiger partial charge in [-0.3, -0.25) is 9.59 Å². The largest absolute Gasteiger partial charge is 1.00 e. The van der Waals surface area contributed by atoms with Crippen molar-refractivity contribution in [3.63, 3.8) is 0 Å². The minimum Gasteiger partial charge on any atom is -1.00 e. The molecule has 8 nitrogen and oxygen atoms in total. The molecule has 0 aliphatic heterocycles. The second-order valence-corrected chi connectivity index (χ2v) is 7.00. The van der Waals surface area contributed by atoms with E-state index in [1.165, 1.54) is 12.2 Å². The zero-order valence-corrected chi connectivity index (χ0v) is 21.4. The molecule has 2 aromatic carbocycles. The maximum Gasteiger partial charge on any atom is 0.163 e. The van der Waals surface area contributed by atoms with Gasteiger partial charge in [-0.15, -0.1) is 0 Å². The lowest BCUT2D eigenvalue weighted by Crippen LogP contribution is -3.00. The molecule has 6 N–H and O–H groups in total. The quantitative estimate of drug-likeness (QED) is 0.188. The maximum atomic E-state index is 12.2. The molecular formula is C25H32Cl2N2O6. The number of carbonyl (C=O) groups is 2. The van der Waals surface area contributed by atoms with Crippen LogP contribution in [-0.2, 0) is 9.59 Å². The van der Waals surface area contributed by atoms with Gasteiger partial charge >= 0.3 is 0 Å². The molecule has 192 valence electrons. The number of benzene rings is 2. The second kappa shape index (κ2) is 17.4. The van der Waals surface area contributed by atoms with Gasteiger partial charge in [0.05, 0.1) is 20.6 Å².